The first-order chi connectivity index (χ1) is 10.3. The Hall–Kier alpha value is -1.58. The molecule has 2 aromatic rings. The molecule has 0 amide bonds. The zero-order chi connectivity index (χ0) is 16.0. The van der Waals surface area contributed by atoms with Crippen LogP contribution in [0.25, 0.3) is 0 Å². The van der Waals surface area contributed by atoms with E-state index in [2.05, 4.69) is 32.9 Å². The molecule has 0 radical (unpaired) electrons. The van der Waals surface area contributed by atoms with E-state index in [9.17, 15) is 4.80 Å². The van der Waals surface area contributed by atoms with Gasteiger partial charge in [-0.3, -0.25) is 0 Å². The summed E-state index contributed by atoms with van der Waals surface area (Å²) in [6, 6.07) is 15.1. The predicted molar refractivity (Wildman–Crippen MR) is 93.5 cm³/mol. The van der Waals surface area contributed by atoms with Gasteiger partial charge in [-0.25, -0.2) is 0 Å². The summed E-state index contributed by atoms with van der Waals surface area (Å²) in [5.41, 5.74) is 2.48. The molecule has 3 heteroatoms. The third-order valence-corrected chi connectivity index (χ3v) is 7.53. The number of rotatable bonds is 2. The smallest absolute Gasteiger partial charge is 0.217 e. The number of hydrogen-bond donors (Lipinski definition) is 1. The van der Waals surface area contributed by atoms with Crippen molar-refractivity contribution >= 4 is 13.5 Å². The molecule has 0 aliphatic carbocycles. The van der Waals surface area contributed by atoms with E-state index in [0.29, 0.717) is 0 Å². The van der Waals surface area contributed by atoms with E-state index in [-0.39, 0.29) is 5.41 Å². The van der Waals surface area contributed by atoms with E-state index in [1.165, 1.54) is 11.1 Å². The number of fused-ring (bicyclic) bond motifs is 2. The molecule has 2 nitrogen and oxygen atoms in total. The molecule has 0 spiro atoms. The van der Waals surface area contributed by atoms with Crippen LogP contribution in [0.3, 0.4) is 0 Å². The summed E-state index contributed by atoms with van der Waals surface area (Å²) in [6.07, 6.45) is 0.842. The van der Waals surface area contributed by atoms with Crippen LogP contribution in [0.15, 0.2) is 42.5 Å². The molecule has 2 aromatic carbocycles. The summed E-state index contributed by atoms with van der Waals surface area (Å²) in [5, 5.41) is 1.12. The molecule has 3 rings (SSSR count). The fourth-order valence-corrected chi connectivity index (χ4v) is 7.11. The summed E-state index contributed by atoms with van der Waals surface area (Å²) in [7, 11) is -2.50. The minimum absolute atomic E-state index is 0.117. The van der Waals surface area contributed by atoms with Crippen LogP contribution in [0.5, 0.6) is 11.5 Å². The molecule has 1 unspecified atom stereocenters. The highest BCUT2D eigenvalue weighted by molar-refractivity contribution is 6.84. The standard InChI is InChI=1S/C19H24O2Si/c1-19(2,3)13-22(4,20)18-11-7-10-17-15(18)12-14-8-5-6-9-16(14)21-17/h5-11,20H,12-13H2,1-4H3. The Morgan fingerprint density at radius 1 is 1.05 bits per heavy atom. The molecule has 116 valence electrons. The highest BCUT2D eigenvalue weighted by atomic mass is 28.4. The lowest BCUT2D eigenvalue weighted by atomic mass is 10.00. The van der Waals surface area contributed by atoms with Crippen molar-refractivity contribution < 1.29 is 9.53 Å². The minimum atomic E-state index is -2.50. The molecule has 0 saturated heterocycles. The van der Waals surface area contributed by atoms with Gasteiger partial charge in [0.2, 0.25) is 8.32 Å². The lowest BCUT2D eigenvalue weighted by Gasteiger charge is -2.32. The summed E-state index contributed by atoms with van der Waals surface area (Å²) in [4.78, 5) is 11.2. The zero-order valence-electron chi connectivity index (χ0n) is 13.8. The third-order valence-electron chi connectivity index (χ3n) is 4.15. The van der Waals surface area contributed by atoms with Crippen LogP contribution in [0, 0.1) is 5.41 Å². The van der Waals surface area contributed by atoms with E-state index >= 15 is 0 Å². The van der Waals surface area contributed by atoms with Crippen LogP contribution in [-0.4, -0.2) is 13.1 Å². The van der Waals surface area contributed by atoms with E-state index < -0.39 is 8.32 Å². The molecule has 1 atom stereocenters. The second-order valence-corrected chi connectivity index (χ2v) is 11.1. The molecule has 1 aliphatic rings. The van der Waals surface area contributed by atoms with Crippen molar-refractivity contribution in [2.45, 2.75) is 39.8 Å². The normalized spacial score (nSPS) is 16.2. The maximum absolute atomic E-state index is 11.2. The lowest BCUT2D eigenvalue weighted by molar-refractivity contribution is 0.427. The van der Waals surface area contributed by atoms with Crippen molar-refractivity contribution in [3.05, 3.63) is 53.6 Å². The van der Waals surface area contributed by atoms with Gasteiger partial charge in [-0.2, -0.15) is 0 Å². The Bertz CT molecular complexity index is 699. The van der Waals surface area contributed by atoms with Crippen LogP contribution in [0.4, 0.5) is 0 Å². The van der Waals surface area contributed by atoms with Crippen molar-refractivity contribution in [1.29, 1.82) is 0 Å². The number of para-hydroxylation sites is 1. The fraction of sp³-hybridized carbons (Fsp3) is 0.368. The van der Waals surface area contributed by atoms with Crippen molar-refractivity contribution in [2.75, 3.05) is 0 Å². The SMILES string of the molecule is CC(C)(C)C[Si](C)(O)c1cccc2c1Cc1ccccc1O2. The van der Waals surface area contributed by atoms with Crippen LogP contribution in [0.1, 0.15) is 31.9 Å². The largest absolute Gasteiger partial charge is 0.457 e. The molecule has 0 saturated carbocycles. The third kappa shape index (κ3) is 2.96. The first kappa shape index (κ1) is 15.3. The Kier molecular flexibility index (Phi) is 3.66. The number of benzene rings is 2. The molecule has 1 N–H and O–H groups in total. The van der Waals surface area contributed by atoms with Crippen molar-refractivity contribution in [3.8, 4) is 11.5 Å². The van der Waals surface area contributed by atoms with Gasteiger partial charge in [-0.1, -0.05) is 51.1 Å². The van der Waals surface area contributed by atoms with E-state index in [1.807, 2.05) is 36.9 Å². The van der Waals surface area contributed by atoms with Gasteiger partial charge in [-0.15, -0.1) is 0 Å². The summed E-state index contributed by atoms with van der Waals surface area (Å²) >= 11 is 0. The number of ether oxygens (including phenoxy) is 1. The van der Waals surface area contributed by atoms with Gasteiger partial charge in [0.25, 0.3) is 0 Å². The van der Waals surface area contributed by atoms with Crippen molar-refractivity contribution in [1.82, 2.24) is 0 Å². The minimum Gasteiger partial charge on any atom is -0.457 e. The highest BCUT2D eigenvalue weighted by Gasteiger charge is 2.36. The quantitative estimate of drug-likeness (QED) is 0.719. The predicted octanol–water partition coefficient (Wildman–Crippen LogP) is 4.20. The van der Waals surface area contributed by atoms with Crippen molar-refractivity contribution in [3.63, 3.8) is 0 Å². The average Bonchev–Trinajstić information content (AvgIpc) is 2.41. The Labute approximate surface area is 133 Å². The highest BCUT2D eigenvalue weighted by Crippen LogP contribution is 2.37. The van der Waals surface area contributed by atoms with Crippen molar-refractivity contribution in [2.24, 2.45) is 5.41 Å². The van der Waals surface area contributed by atoms with Gasteiger partial charge in [0.15, 0.2) is 0 Å². The summed E-state index contributed by atoms with van der Waals surface area (Å²) in [5.74, 6) is 1.84. The van der Waals surface area contributed by atoms with Gasteiger partial charge in [-0.05, 0) is 40.9 Å². The molecule has 22 heavy (non-hydrogen) atoms. The van der Waals surface area contributed by atoms with Gasteiger partial charge < -0.3 is 9.53 Å². The van der Waals surface area contributed by atoms with E-state index in [0.717, 1.165) is 29.2 Å². The van der Waals surface area contributed by atoms with Gasteiger partial charge in [0.1, 0.15) is 11.5 Å². The Balaban J connectivity index is 2.03. The van der Waals surface area contributed by atoms with Gasteiger partial charge in [0.05, 0.1) is 0 Å². The second-order valence-electron chi connectivity index (χ2n) is 7.68. The molecular formula is C19H24O2Si. The van der Waals surface area contributed by atoms with Gasteiger partial charge in [0, 0.05) is 12.0 Å². The second kappa shape index (κ2) is 5.25. The maximum Gasteiger partial charge on any atom is 0.217 e. The number of hydrogen-bond acceptors (Lipinski definition) is 2. The zero-order valence-corrected chi connectivity index (χ0v) is 14.8. The average molecular weight is 312 g/mol. The lowest BCUT2D eigenvalue weighted by Crippen LogP contribution is -2.49. The molecule has 0 bridgehead atoms. The molecule has 0 aromatic heterocycles. The monoisotopic (exact) mass is 312 g/mol. The van der Waals surface area contributed by atoms with E-state index in [4.69, 9.17) is 4.74 Å². The van der Waals surface area contributed by atoms with Crippen LogP contribution >= 0.6 is 0 Å². The van der Waals surface area contributed by atoms with Crippen LogP contribution in [0.2, 0.25) is 12.6 Å². The fourth-order valence-electron chi connectivity index (χ4n) is 3.53. The van der Waals surface area contributed by atoms with Crippen LogP contribution in [-0.2, 0) is 6.42 Å². The Morgan fingerprint density at radius 3 is 2.45 bits per heavy atom. The Morgan fingerprint density at radius 2 is 1.73 bits per heavy atom. The molecule has 1 aliphatic heterocycles. The van der Waals surface area contributed by atoms with E-state index in [1.54, 1.807) is 0 Å². The molecular weight excluding hydrogens is 288 g/mol. The maximum atomic E-state index is 11.2. The first-order valence-corrected chi connectivity index (χ1v) is 10.5. The van der Waals surface area contributed by atoms with Gasteiger partial charge >= 0.3 is 0 Å². The molecule has 1 heterocycles. The first-order valence-electron chi connectivity index (χ1n) is 7.87. The topological polar surface area (TPSA) is 29.5 Å². The van der Waals surface area contributed by atoms with Crippen LogP contribution < -0.4 is 9.92 Å². The summed E-state index contributed by atoms with van der Waals surface area (Å²) in [6.45, 7) is 8.62. The summed E-state index contributed by atoms with van der Waals surface area (Å²) < 4.78 is 6.05. The molecule has 0 fully saturated rings.